The lowest BCUT2D eigenvalue weighted by atomic mass is 9.96. The van der Waals surface area contributed by atoms with Crippen LogP contribution in [0.1, 0.15) is 32.1 Å². The number of hydrogen-bond donors (Lipinski definition) is 1. The van der Waals surface area contributed by atoms with Gasteiger partial charge in [-0.05, 0) is 25.0 Å². The van der Waals surface area contributed by atoms with E-state index in [1.165, 1.54) is 17.4 Å². The third-order valence-electron chi connectivity index (χ3n) is 3.45. The number of carbonyl (C=O) groups is 1. The summed E-state index contributed by atoms with van der Waals surface area (Å²) in [6, 6.07) is 6.32. The van der Waals surface area contributed by atoms with Crippen molar-refractivity contribution in [3.63, 3.8) is 0 Å². The number of carbonyl (C=O) groups excluding carboxylic acids is 1. The average Bonchev–Trinajstić information content (AvgIpc) is 2.39. The molecule has 2 rings (SSSR count). The Morgan fingerprint density at radius 3 is 2.61 bits per heavy atom. The van der Waals surface area contributed by atoms with Crippen molar-refractivity contribution in [2.45, 2.75) is 38.1 Å². The largest absolute Gasteiger partial charge is 0.335 e. The summed E-state index contributed by atoms with van der Waals surface area (Å²) < 4.78 is 13.6. The summed E-state index contributed by atoms with van der Waals surface area (Å²) in [5, 5.41) is 2.96. The molecule has 4 heteroatoms. The molecule has 0 unspecified atom stereocenters. The maximum atomic E-state index is 13.6. The number of nitrogens with zero attached hydrogens (tertiary/aromatic N) is 1. The van der Waals surface area contributed by atoms with Crippen molar-refractivity contribution in [3.05, 3.63) is 30.1 Å². The number of nitrogens with one attached hydrogen (secondary N) is 1. The second-order valence-electron chi connectivity index (χ2n) is 4.79. The lowest BCUT2D eigenvalue weighted by Crippen LogP contribution is -2.44. The zero-order chi connectivity index (χ0) is 13.0. The van der Waals surface area contributed by atoms with Gasteiger partial charge in [0.1, 0.15) is 5.82 Å². The van der Waals surface area contributed by atoms with Gasteiger partial charge in [0.15, 0.2) is 0 Å². The Bertz CT molecular complexity index is 416. The fourth-order valence-electron chi connectivity index (χ4n) is 2.35. The van der Waals surface area contributed by atoms with Crippen molar-refractivity contribution in [1.29, 1.82) is 0 Å². The summed E-state index contributed by atoms with van der Waals surface area (Å²) in [6.07, 6.45) is 5.62. The van der Waals surface area contributed by atoms with Crippen LogP contribution in [0, 0.1) is 5.82 Å². The Hall–Kier alpha value is -1.58. The minimum atomic E-state index is -0.376. The van der Waals surface area contributed by atoms with Crippen LogP contribution in [-0.2, 0) is 0 Å². The highest BCUT2D eigenvalue weighted by molar-refractivity contribution is 5.91. The van der Waals surface area contributed by atoms with Crippen molar-refractivity contribution in [2.24, 2.45) is 0 Å². The normalized spacial score (nSPS) is 16.3. The van der Waals surface area contributed by atoms with Gasteiger partial charge < -0.3 is 5.32 Å². The van der Waals surface area contributed by atoms with Crippen molar-refractivity contribution in [3.8, 4) is 0 Å². The highest BCUT2D eigenvalue weighted by Crippen LogP contribution is 2.20. The molecule has 1 N–H and O–H groups in total. The number of halogens is 1. The lowest BCUT2D eigenvalue weighted by Gasteiger charge is -2.26. The van der Waals surface area contributed by atoms with Crippen LogP contribution in [-0.4, -0.2) is 19.1 Å². The quantitative estimate of drug-likeness (QED) is 0.858. The first-order valence-electron chi connectivity index (χ1n) is 6.47. The molecule has 0 atom stereocenters. The molecule has 0 bridgehead atoms. The van der Waals surface area contributed by atoms with E-state index in [1.54, 1.807) is 25.2 Å². The van der Waals surface area contributed by atoms with Crippen LogP contribution in [0.4, 0.5) is 14.9 Å². The highest BCUT2D eigenvalue weighted by Gasteiger charge is 2.19. The van der Waals surface area contributed by atoms with E-state index in [9.17, 15) is 9.18 Å². The first-order valence-corrected chi connectivity index (χ1v) is 6.47. The van der Waals surface area contributed by atoms with E-state index in [1.807, 2.05) is 0 Å². The van der Waals surface area contributed by atoms with E-state index in [0.29, 0.717) is 5.69 Å². The van der Waals surface area contributed by atoms with E-state index >= 15 is 0 Å². The third-order valence-corrected chi connectivity index (χ3v) is 3.45. The van der Waals surface area contributed by atoms with E-state index < -0.39 is 0 Å². The maximum Gasteiger partial charge on any atom is 0.321 e. The third kappa shape index (κ3) is 3.00. The summed E-state index contributed by atoms with van der Waals surface area (Å²) in [5.74, 6) is -0.376. The molecule has 1 saturated carbocycles. The number of benzene rings is 1. The molecule has 0 radical (unpaired) electrons. The molecular weight excluding hydrogens is 231 g/mol. The van der Waals surface area contributed by atoms with Crippen LogP contribution in [0.3, 0.4) is 0 Å². The Labute approximate surface area is 107 Å². The molecule has 1 aliphatic rings. The van der Waals surface area contributed by atoms with Gasteiger partial charge in [-0.1, -0.05) is 31.4 Å². The zero-order valence-electron chi connectivity index (χ0n) is 10.7. The minimum absolute atomic E-state index is 0.230. The second kappa shape index (κ2) is 5.85. The Morgan fingerprint density at radius 2 is 1.94 bits per heavy atom. The van der Waals surface area contributed by atoms with Crippen molar-refractivity contribution in [1.82, 2.24) is 5.32 Å². The van der Waals surface area contributed by atoms with E-state index in [2.05, 4.69) is 5.32 Å². The van der Waals surface area contributed by atoms with Crippen LogP contribution >= 0.6 is 0 Å². The molecular formula is C14H19FN2O. The number of anilines is 1. The van der Waals surface area contributed by atoms with Gasteiger partial charge in [0, 0.05) is 13.1 Å². The first-order chi connectivity index (χ1) is 8.68. The summed E-state index contributed by atoms with van der Waals surface area (Å²) in [5.41, 5.74) is 0.311. The summed E-state index contributed by atoms with van der Waals surface area (Å²) in [4.78, 5) is 13.3. The topological polar surface area (TPSA) is 32.3 Å². The second-order valence-corrected chi connectivity index (χ2v) is 4.79. The zero-order valence-corrected chi connectivity index (χ0v) is 10.7. The lowest BCUT2D eigenvalue weighted by molar-refractivity contribution is 0.239. The van der Waals surface area contributed by atoms with Gasteiger partial charge >= 0.3 is 6.03 Å². The standard InChI is InChI=1S/C14H19FN2O/c1-17(13-10-6-5-9-12(13)15)14(18)16-11-7-3-2-4-8-11/h5-6,9-11H,2-4,7-8H2,1H3,(H,16,18). The van der Waals surface area contributed by atoms with Crippen LogP contribution in [0.2, 0.25) is 0 Å². The molecule has 18 heavy (non-hydrogen) atoms. The summed E-state index contributed by atoms with van der Waals surface area (Å²) in [6.45, 7) is 0. The number of urea groups is 1. The van der Waals surface area contributed by atoms with Gasteiger partial charge in [-0.2, -0.15) is 0 Å². The fourth-order valence-corrected chi connectivity index (χ4v) is 2.35. The molecule has 0 spiro atoms. The molecule has 2 amide bonds. The highest BCUT2D eigenvalue weighted by atomic mass is 19.1. The van der Waals surface area contributed by atoms with Gasteiger partial charge in [0.05, 0.1) is 5.69 Å². The van der Waals surface area contributed by atoms with E-state index in [-0.39, 0.29) is 17.9 Å². The predicted molar refractivity (Wildman–Crippen MR) is 70.2 cm³/mol. The Balaban J connectivity index is 1.98. The molecule has 1 aromatic rings. The maximum absolute atomic E-state index is 13.6. The predicted octanol–water partition coefficient (Wildman–Crippen LogP) is 3.30. The Kier molecular flexibility index (Phi) is 4.18. The van der Waals surface area contributed by atoms with E-state index in [4.69, 9.17) is 0 Å². The van der Waals surface area contributed by atoms with Gasteiger partial charge in [0.25, 0.3) is 0 Å². The van der Waals surface area contributed by atoms with Gasteiger partial charge in [-0.3, -0.25) is 4.90 Å². The molecule has 1 fully saturated rings. The molecule has 0 saturated heterocycles. The number of rotatable bonds is 2. The van der Waals surface area contributed by atoms with Gasteiger partial charge in [0.2, 0.25) is 0 Å². The van der Waals surface area contributed by atoms with Gasteiger partial charge in [-0.15, -0.1) is 0 Å². The summed E-state index contributed by atoms with van der Waals surface area (Å²) >= 11 is 0. The van der Waals surface area contributed by atoms with Crippen molar-refractivity contribution < 1.29 is 9.18 Å². The van der Waals surface area contributed by atoms with Crippen LogP contribution in [0.5, 0.6) is 0 Å². The van der Waals surface area contributed by atoms with E-state index in [0.717, 1.165) is 25.7 Å². The number of para-hydroxylation sites is 1. The molecule has 0 aromatic heterocycles. The van der Waals surface area contributed by atoms with Crippen molar-refractivity contribution >= 4 is 11.7 Å². The SMILES string of the molecule is CN(C(=O)NC1CCCCC1)c1ccccc1F. The fraction of sp³-hybridized carbons (Fsp3) is 0.500. The van der Waals surface area contributed by atoms with Crippen LogP contribution < -0.4 is 10.2 Å². The molecule has 0 aliphatic heterocycles. The molecule has 1 aliphatic carbocycles. The Morgan fingerprint density at radius 1 is 1.28 bits per heavy atom. The minimum Gasteiger partial charge on any atom is -0.335 e. The average molecular weight is 250 g/mol. The summed E-state index contributed by atoms with van der Waals surface area (Å²) in [7, 11) is 1.59. The molecule has 0 heterocycles. The monoisotopic (exact) mass is 250 g/mol. The molecule has 3 nitrogen and oxygen atoms in total. The smallest absolute Gasteiger partial charge is 0.321 e. The van der Waals surface area contributed by atoms with Gasteiger partial charge in [-0.25, -0.2) is 9.18 Å². The number of hydrogen-bond acceptors (Lipinski definition) is 1. The first kappa shape index (κ1) is 12.9. The van der Waals surface area contributed by atoms with Crippen molar-refractivity contribution in [2.75, 3.05) is 11.9 Å². The number of amides is 2. The van der Waals surface area contributed by atoms with Crippen LogP contribution in [0.15, 0.2) is 24.3 Å². The molecule has 1 aromatic carbocycles. The molecule has 98 valence electrons. The van der Waals surface area contributed by atoms with Crippen LogP contribution in [0.25, 0.3) is 0 Å².